The van der Waals surface area contributed by atoms with Crippen molar-refractivity contribution in [3.8, 4) is 6.07 Å². The molecule has 2 aromatic carbocycles. The van der Waals surface area contributed by atoms with Crippen LogP contribution in [-0.4, -0.2) is 0 Å². The summed E-state index contributed by atoms with van der Waals surface area (Å²) in [6, 6.07) is 11.7. The zero-order valence-electron chi connectivity index (χ0n) is 9.87. The number of halogens is 1. The predicted molar refractivity (Wildman–Crippen MR) is 70.0 cm³/mol. The van der Waals surface area contributed by atoms with Crippen molar-refractivity contribution in [1.82, 2.24) is 0 Å². The predicted octanol–water partition coefficient (Wildman–Crippen LogP) is 3.33. The number of nitrogen functional groups attached to an aromatic ring is 1. The van der Waals surface area contributed by atoms with E-state index in [2.05, 4.69) is 5.32 Å². The molecule has 0 aliphatic heterocycles. The molecule has 0 heterocycles. The number of nitrogens with two attached hydrogens (primary N) is 1. The molecule has 0 spiro atoms. The number of benzene rings is 2. The Bertz CT molecular complexity index is 629. The topological polar surface area (TPSA) is 61.8 Å². The summed E-state index contributed by atoms with van der Waals surface area (Å²) in [4.78, 5) is 0. The number of anilines is 3. The van der Waals surface area contributed by atoms with E-state index in [1.165, 1.54) is 12.1 Å². The van der Waals surface area contributed by atoms with Crippen LogP contribution >= 0.6 is 0 Å². The number of aryl methyl sites for hydroxylation is 1. The van der Waals surface area contributed by atoms with Gasteiger partial charge in [0.2, 0.25) is 0 Å². The van der Waals surface area contributed by atoms with Crippen LogP contribution in [-0.2, 0) is 0 Å². The molecule has 0 saturated carbocycles. The molecule has 0 aromatic heterocycles. The van der Waals surface area contributed by atoms with Crippen LogP contribution in [0.1, 0.15) is 11.1 Å². The molecule has 0 radical (unpaired) electrons. The first-order chi connectivity index (χ1) is 8.61. The van der Waals surface area contributed by atoms with Crippen molar-refractivity contribution in [2.75, 3.05) is 11.1 Å². The molecular formula is C14H12FN3. The van der Waals surface area contributed by atoms with Crippen molar-refractivity contribution in [2.24, 2.45) is 0 Å². The highest BCUT2D eigenvalue weighted by molar-refractivity contribution is 5.75. The normalized spacial score (nSPS) is 9.83. The van der Waals surface area contributed by atoms with Crippen LogP contribution in [0, 0.1) is 24.1 Å². The van der Waals surface area contributed by atoms with Crippen LogP contribution in [0.2, 0.25) is 0 Å². The van der Waals surface area contributed by atoms with Crippen molar-refractivity contribution in [3.05, 3.63) is 53.3 Å². The van der Waals surface area contributed by atoms with Gasteiger partial charge in [-0.15, -0.1) is 0 Å². The number of hydrogen-bond donors (Lipinski definition) is 2. The van der Waals surface area contributed by atoms with Crippen molar-refractivity contribution < 1.29 is 4.39 Å². The summed E-state index contributed by atoms with van der Waals surface area (Å²) in [5.74, 6) is -0.528. The van der Waals surface area contributed by atoms with Crippen LogP contribution in [0.4, 0.5) is 21.5 Å². The van der Waals surface area contributed by atoms with Gasteiger partial charge in [-0.2, -0.15) is 5.26 Å². The van der Waals surface area contributed by atoms with E-state index in [1.807, 2.05) is 25.1 Å². The lowest BCUT2D eigenvalue weighted by molar-refractivity contribution is 0.624. The third kappa shape index (κ3) is 2.25. The second-order valence-corrected chi connectivity index (χ2v) is 3.97. The smallest absolute Gasteiger partial charge is 0.141 e. The minimum Gasteiger partial charge on any atom is -0.397 e. The Hall–Kier alpha value is -2.54. The van der Waals surface area contributed by atoms with Crippen molar-refractivity contribution in [1.29, 1.82) is 5.26 Å². The fourth-order valence-corrected chi connectivity index (χ4v) is 1.63. The lowest BCUT2D eigenvalue weighted by Crippen LogP contribution is -1.98. The van der Waals surface area contributed by atoms with Crippen LogP contribution in [0.5, 0.6) is 0 Å². The highest BCUT2D eigenvalue weighted by Crippen LogP contribution is 2.26. The summed E-state index contributed by atoms with van der Waals surface area (Å²) in [6.45, 7) is 1.91. The molecule has 0 saturated heterocycles. The quantitative estimate of drug-likeness (QED) is 0.793. The molecule has 0 fully saturated rings. The van der Waals surface area contributed by atoms with Crippen LogP contribution in [0.25, 0.3) is 0 Å². The van der Waals surface area contributed by atoms with Gasteiger partial charge < -0.3 is 11.1 Å². The van der Waals surface area contributed by atoms with E-state index >= 15 is 0 Å². The van der Waals surface area contributed by atoms with E-state index in [0.29, 0.717) is 11.4 Å². The minimum atomic E-state index is -0.528. The zero-order chi connectivity index (χ0) is 13.1. The maximum atomic E-state index is 13.2. The molecule has 0 bridgehead atoms. The van der Waals surface area contributed by atoms with E-state index in [-0.39, 0.29) is 5.56 Å². The molecule has 90 valence electrons. The summed E-state index contributed by atoms with van der Waals surface area (Å²) in [5.41, 5.74) is 8.91. The Balaban J connectivity index is 2.35. The van der Waals surface area contributed by atoms with Crippen molar-refractivity contribution in [3.63, 3.8) is 0 Å². The minimum absolute atomic E-state index is 0.00576. The van der Waals surface area contributed by atoms with Gasteiger partial charge in [0.1, 0.15) is 11.9 Å². The Morgan fingerprint density at radius 3 is 2.78 bits per heavy atom. The first-order valence-corrected chi connectivity index (χ1v) is 5.43. The number of nitriles is 1. The number of para-hydroxylation sites is 1. The number of nitrogens with zero attached hydrogens (tertiary/aromatic N) is 1. The van der Waals surface area contributed by atoms with Gasteiger partial charge in [-0.1, -0.05) is 12.1 Å². The Labute approximate surface area is 105 Å². The molecular weight excluding hydrogens is 229 g/mol. The molecule has 4 heteroatoms. The van der Waals surface area contributed by atoms with Crippen LogP contribution in [0.3, 0.4) is 0 Å². The zero-order valence-corrected chi connectivity index (χ0v) is 9.87. The first-order valence-electron chi connectivity index (χ1n) is 5.43. The third-order valence-electron chi connectivity index (χ3n) is 2.69. The van der Waals surface area contributed by atoms with E-state index in [0.717, 1.165) is 11.3 Å². The van der Waals surface area contributed by atoms with Crippen molar-refractivity contribution in [2.45, 2.75) is 6.92 Å². The molecule has 0 aliphatic rings. The Morgan fingerprint density at radius 2 is 2.06 bits per heavy atom. The second-order valence-electron chi connectivity index (χ2n) is 3.97. The molecule has 18 heavy (non-hydrogen) atoms. The average molecular weight is 241 g/mol. The number of hydrogen-bond acceptors (Lipinski definition) is 3. The van der Waals surface area contributed by atoms with Crippen molar-refractivity contribution >= 4 is 17.1 Å². The summed E-state index contributed by atoms with van der Waals surface area (Å²) in [5, 5.41) is 11.8. The van der Waals surface area contributed by atoms with Crippen LogP contribution < -0.4 is 11.1 Å². The summed E-state index contributed by atoms with van der Waals surface area (Å²) >= 11 is 0. The van der Waals surface area contributed by atoms with Crippen LogP contribution in [0.15, 0.2) is 36.4 Å². The van der Waals surface area contributed by atoms with E-state index in [4.69, 9.17) is 11.0 Å². The summed E-state index contributed by atoms with van der Waals surface area (Å²) < 4.78 is 13.2. The fourth-order valence-electron chi connectivity index (χ4n) is 1.63. The average Bonchev–Trinajstić information content (AvgIpc) is 2.37. The highest BCUT2D eigenvalue weighted by Gasteiger charge is 2.05. The lowest BCUT2D eigenvalue weighted by Gasteiger charge is -2.11. The molecule has 3 N–H and O–H groups in total. The molecule has 3 nitrogen and oxygen atoms in total. The standard InChI is InChI=1S/C14H12FN3/c1-9-3-2-4-13(14(9)17)18-11-5-6-12(15)10(7-11)8-16/h2-7,18H,17H2,1H3. The highest BCUT2D eigenvalue weighted by atomic mass is 19.1. The largest absolute Gasteiger partial charge is 0.397 e. The van der Waals surface area contributed by atoms with E-state index < -0.39 is 5.82 Å². The first kappa shape index (κ1) is 11.9. The molecule has 0 atom stereocenters. The molecule has 0 unspecified atom stereocenters. The third-order valence-corrected chi connectivity index (χ3v) is 2.69. The maximum Gasteiger partial charge on any atom is 0.141 e. The lowest BCUT2D eigenvalue weighted by atomic mass is 10.1. The molecule has 0 aliphatic carbocycles. The Kier molecular flexibility index (Phi) is 3.16. The molecule has 2 aromatic rings. The number of nitrogens with one attached hydrogen (secondary N) is 1. The number of rotatable bonds is 2. The van der Waals surface area contributed by atoms with Gasteiger partial charge in [0.25, 0.3) is 0 Å². The van der Waals surface area contributed by atoms with E-state index in [9.17, 15) is 4.39 Å². The van der Waals surface area contributed by atoms with Gasteiger partial charge in [-0.3, -0.25) is 0 Å². The maximum absolute atomic E-state index is 13.2. The van der Waals surface area contributed by atoms with E-state index in [1.54, 1.807) is 12.1 Å². The second kappa shape index (κ2) is 4.76. The summed E-state index contributed by atoms with van der Waals surface area (Å²) in [6.07, 6.45) is 0. The van der Waals surface area contributed by atoms with Gasteiger partial charge in [0.05, 0.1) is 16.9 Å². The summed E-state index contributed by atoms with van der Waals surface area (Å²) in [7, 11) is 0. The van der Waals surface area contributed by atoms with Gasteiger partial charge in [0.15, 0.2) is 0 Å². The van der Waals surface area contributed by atoms with Gasteiger partial charge in [-0.25, -0.2) is 4.39 Å². The van der Waals surface area contributed by atoms with Gasteiger partial charge in [0, 0.05) is 5.69 Å². The van der Waals surface area contributed by atoms with Gasteiger partial charge >= 0.3 is 0 Å². The van der Waals surface area contributed by atoms with Gasteiger partial charge in [-0.05, 0) is 36.8 Å². The fraction of sp³-hybridized carbons (Fsp3) is 0.0714. The SMILES string of the molecule is Cc1cccc(Nc2ccc(F)c(C#N)c2)c1N. The molecule has 2 rings (SSSR count). The Morgan fingerprint density at radius 1 is 1.28 bits per heavy atom. The molecule has 0 amide bonds. The monoisotopic (exact) mass is 241 g/mol.